The van der Waals surface area contributed by atoms with Crippen molar-refractivity contribution in [3.8, 4) is 0 Å². The third-order valence-corrected chi connectivity index (χ3v) is 5.19. The maximum Gasteiger partial charge on any atom is 0.243 e. The number of hydrogen-bond acceptors (Lipinski definition) is 3. The zero-order chi connectivity index (χ0) is 14.6. The molecule has 0 aliphatic rings. The largest absolute Gasteiger partial charge is 0.392 e. The Balaban J connectivity index is 3.43. The van der Waals surface area contributed by atoms with E-state index in [1.54, 1.807) is 19.9 Å². The first kappa shape index (κ1) is 16.2. The van der Waals surface area contributed by atoms with Crippen molar-refractivity contribution in [2.45, 2.75) is 25.3 Å². The summed E-state index contributed by atoms with van der Waals surface area (Å²) in [7, 11) is -3.63. The van der Waals surface area contributed by atoms with E-state index in [0.29, 0.717) is 22.7 Å². The Labute approximate surface area is 119 Å². The molecule has 0 fully saturated rings. The van der Waals surface area contributed by atoms with Gasteiger partial charge in [0.1, 0.15) is 0 Å². The predicted molar refractivity (Wildman–Crippen MR) is 76.7 cm³/mol. The fourth-order valence-corrected chi connectivity index (χ4v) is 3.84. The normalized spacial score (nSPS) is 11.8. The first-order valence-electron chi connectivity index (χ1n) is 5.89. The van der Waals surface area contributed by atoms with E-state index in [9.17, 15) is 13.5 Å². The number of hydrogen-bond donors (Lipinski definition) is 1. The monoisotopic (exact) mass is 303 g/mol. The first-order chi connectivity index (χ1) is 8.88. The van der Waals surface area contributed by atoms with Crippen LogP contribution in [0.3, 0.4) is 0 Å². The molecule has 1 N–H and O–H groups in total. The van der Waals surface area contributed by atoms with Crippen LogP contribution in [0, 0.1) is 6.92 Å². The average molecular weight is 304 g/mol. The molecule has 0 spiro atoms. The van der Waals surface area contributed by atoms with Crippen molar-refractivity contribution in [3.05, 3.63) is 40.9 Å². The molecule has 0 atom stereocenters. The number of halogens is 1. The van der Waals surface area contributed by atoms with Crippen molar-refractivity contribution in [1.82, 2.24) is 4.31 Å². The summed E-state index contributed by atoms with van der Waals surface area (Å²) >= 11 is 5.92. The molecule has 0 unspecified atom stereocenters. The lowest BCUT2D eigenvalue weighted by Gasteiger charge is -2.21. The van der Waals surface area contributed by atoms with Crippen LogP contribution in [-0.2, 0) is 16.6 Å². The van der Waals surface area contributed by atoms with Crippen LogP contribution in [0.4, 0.5) is 0 Å². The van der Waals surface area contributed by atoms with Gasteiger partial charge in [0.2, 0.25) is 10.0 Å². The van der Waals surface area contributed by atoms with E-state index in [1.807, 2.05) is 0 Å². The van der Waals surface area contributed by atoms with Crippen LogP contribution in [-0.4, -0.2) is 30.9 Å². The number of rotatable bonds is 6. The van der Waals surface area contributed by atoms with Crippen LogP contribution < -0.4 is 0 Å². The molecule has 1 aromatic carbocycles. The van der Waals surface area contributed by atoms with Crippen LogP contribution >= 0.6 is 11.6 Å². The summed E-state index contributed by atoms with van der Waals surface area (Å²) in [5.74, 6) is 0. The number of aliphatic hydroxyl groups excluding tert-OH is 1. The molecule has 0 bridgehead atoms. The Morgan fingerprint density at radius 3 is 2.58 bits per heavy atom. The van der Waals surface area contributed by atoms with Gasteiger partial charge in [-0.15, -0.1) is 6.58 Å². The molecular formula is C13H18ClNO3S. The summed E-state index contributed by atoms with van der Waals surface area (Å²) < 4.78 is 26.4. The van der Waals surface area contributed by atoms with Gasteiger partial charge in [-0.1, -0.05) is 24.6 Å². The summed E-state index contributed by atoms with van der Waals surface area (Å²) in [5.41, 5.74) is 1.04. The second kappa shape index (κ2) is 6.52. The van der Waals surface area contributed by atoms with E-state index < -0.39 is 10.0 Å². The predicted octanol–water partition coefficient (Wildman–Crippen LogP) is 2.34. The maximum atomic E-state index is 12.5. The summed E-state index contributed by atoms with van der Waals surface area (Å²) in [4.78, 5) is 0.132. The van der Waals surface area contributed by atoms with Crippen molar-refractivity contribution in [3.63, 3.8) is 0 Å². The zero-order valence-corrected chi connectivity index (χ0v) is 12.6. The first-order valence-corrected chi connectivity index (χ1v) is 7.71. The van der Waals surface area contributed by atoms with E-state index in [2.05, 4.69) is 6.58 Å². The van der Waals surface area contributed by atoms with Gasteiger partial charge in [0.05, 0.1) is 11.5 Å². The summed E-state index contributed by atoms with van der Waals surface area (Å²) in [5, 5.41) is 9.54. The van der Waals surface area contributed by atoms with Crippen molar-refractivity contribution in [2.75, 3.05) is 13.1 Å². The summed E-state index contributed by atoms with van der Waals surface area (Å²) in [6.45, 7) is 7.31. The molecule has 0 radical (unpaired) electrons. The van der Waals surface area contributed by atoms with Gasteiger partial charge < -0.3 is 5.11 Å². The number of benzene rings is 1. The minimum atomic E-state index is -3.63. The van der Waals surface area contributed by atoms with E-state index >= 15 is 0 Å². The second-order valence-corrected chi connectivity index (χ2v) is 6.43. The summed E-state index contributed by atoms with van der Waals surface area (Å²) in [6, 6.07) is 2.98. The lowest BCUT2D eigenvalue weighted by atomic mass is 10.1. The molecule has 6 heteroatoms. The third-order valence-electron chi connectivity index (χ3n) is 2.91. The molecule has 0 saturated heterocycles. The standard InChI is InChI=1S/C13H18ClNO3S/c1-4-6-15(5-2)19(17,18)13-8-12(14)7-11(9-16)10(13)3/h4,7-8,16H,1,5-6,9H2,2-3H3. The van der Waals surface area contributed by atoms with E-state index in [-0.39, 0.29) is 18.0 Å². The molecule has 4 nitrogen and oxygen atoms in total. The number of likely N-dealkylation sites (N-methyl/N-ethyl adjacent to an activating group) is 1. The number of sulfonamides is 1. The summed E-state index contributed by atoms with van der Waals surface area (Å²) in [6.07, 6.45) is 1.54. The van der Waals surface area contributed by atoms with E-state index in [4.69, 9.17) is 11.6 Å². The van der Waals surface area contributed by atoms with Crippen molar-refractivity contribution >= 4 is 21.6 Å². The maximum absolute atomic E-state index is 12.5. The average Bonchev–Trinajstić information content (AvgIpc) is 2.37. The van der Waals surface area contributed by atoms with Crippen LogP contribution in [0.1, 0.15) is 18.1 Å². The molecule has 19 heavy (non-hydrogen) atoms. The Hall–Kier alpha value is -0.880. The minimum absolute atomic E-state index is 0.132. The Morgan fingerprint density at radius 1 is 1.47 bits per heavy atom. The molecule has 0 saturated carbocycles. The fraction of sp³-hybridized carbons (Fsp3) is 0.385. The molecule has 0 amide bonds. The Kier molecular flexibility index (Phi) is 5.55. The van der Waals surface area contributed by atoms with Gasteiger partial charge in [-0.3, -0.25) is 0 Å². The number of aliphatic hydroxyl groups is 1. The molecular weight excluding hydrogens is 286 g/mol. The fourth-order valence-electron chi connectivity index (χ4n) is 1.82. The van der Waals surface area contributed by atoms with Gasteiger partial charge in [0.25, 0.3) is 0 Å². The van der Waals surface area contributed by atoms with Crippen LogP contribution in [0.15, 0.2) is 29.7 Å². The van der Waals surface area contributed by atoms with E-state index in [0.717, 1.165) is 0 Å². The van der Waals surface area contributed by atoms with Gasteiger partial charge >= 0.3 is 0 Å². The molecule has 0 aliphatic heterocycles. The van der Waals surface area contributed by atoms with Crippen LogP contribution in [0.25, 0.3) is 0 Å². The number of nitrogens with zero attached hydrogens (tertiary/aromatic N) is 1. The molecule has 1 aromatic rings. The quantitative estimate of drug-likeness (QED) is 0.821. The zero-order valence-electron chi connectivity index (χ0n) is 11.1. The molecule has 0 heterocycles. The molecule has 1 rings (SSSR count). The topological polar surface area (TPSA) is 57.6 Å². The van der Waals surface area contributed by atoms with Crippen molar-refractivity contribution < 1.29 is 13.5 Å². The van der Waals surface area contributed by atoms with E-state index in [1.165, 1.54) is 16.4 Å². The Morgan fingerprint density at radius 2 is 2.11 bits per heavy atom. The van der Waals surface area contributed by atoms with Gasteiger partial charge in [-0.05, 0) is 30.2 Å². The van der Waals surface area contributed by atoms with Gasteiger partial charge in [-0.2, -0.15) is 4.31 Å². The SMILES string of the molecule is C=CCN(CC)S(=O)(=O)c1cc(Cl)cc(CO)c1C. The molecule has 0 aromatic heterocycles. The lowest BCUT2D eigenvalue weighted by molar-refractivity contribution is 0.280. The van der Waals surface area contributed by atoms with Crippen LogP contribution in [0.5, 0.6) is 0 Å². The second-order valence-electron chi connectivity index (χ2n) is 4.09. The van der Waals surface area contributed by atoms with Crippen molar-refractivity contribution in [2.24, 2.45) is 0 Å². The highest BCUT2D eigenvalue weighted by atomic mass is 35.5. The highest BCUT2D eigenvalue weighted by Crippen LogP contribution is 2.27. The Bertz CT molecular complexity index is 569. The highest BCUT2D eigenvalue weighted by Gasteiger charge is 2.25. The van der Waals surface area contributed by atoms with Gasteiger partial charge in [0.15, 0.2) is 0 Å². The van der Waals surface area contributed by atoms with Crippen molar-refractivity contribution in [1.29, 1.82) is 0 Å². The van der Waals surface area contributed by atoms with Gasteiger partial charge in [0, 0.05) is 18.1 Å². The third kappa shape index (κ3) is 3.36. The van der Waals surface area contributed by atoms with Gasteiger partial charge in [-0.25, -0.2) is 8.42 Å². The lowest BCUT2D eigenvalue weighted by Crippen LogP contribution is -2.31. The molecule has 0 aliphatic carbocycles. The van der Waals surface area contributed by atoms with Crippen LogP contribution in [0.2, 0.25) is 5.02 Å². The molecule has 106 valence electrons. The smallest absolute Gasteiger partial charge is 0.243 e. The minimum Gasteiger partial charge on any atom is -0.392 e. The highest BCUT2D eigenvalue weighted by molar-refractivity contribution is 7.89.